The number of hydrogen-bond donors (Lipinski definition) is 0. The third-order valence-corrected chi connectivity index (χ3v) is 5.05. The van der Waals surface area contributed by atoms with Gasteiger partial charge in [-0.05, 0) is 42.8 Å². The molecule has 1 aromatic heterocycles. The topological polar surface area (TPSA) is 21.1 Å². The van der Waals surface area contributed by atoms with Crippen LogP contribution in [0, 0.1) is 5.82 Å². The molecule has 4 heteroatoms. The number of halogens is 1. The quantitative estimate of drug-likeness (QED) is 0.676. The predicted molar refractivity (Wildman–Crippen MR) is 102 cm³/mol. The fourth-order valence-electron chi connectivity index (χ4n) is 3.78. The molecule has 1 aliphatic rings. The van der Waals surface area contributed by atoms with Crippen LogP contribution in [-0.4, -0.2) is 27.8 Å². The number of fused-ring (bicyclic) bond motifs is 1. The van der Waals surface area contributed by atoms with Crippen molar-refractivity contribution >= 4 is 0 Å². The van der Waals surface area contributed by atoms with Crippen LogP contribution in [0.25, 0.3) is 11.3 Å². The summed E-state index contributed by atoms with van der Waals surface area (Å²) in [6.45, 7) is 6.09. The Kier molecular flexibility index (Phi) is 4.85. The zero-order valence-electron chi connectivity index (χ0n) is 15.2. The van der Waals surface area contributed by atoms with Gasteiger partial charge in [0.2, 0.25) is 0 Å². The van der Waals surface area contributed by atoms with Crippen molar-refractivity contribution in [1.82, 2.24) is 14.7 Å². The fraction of sp³-hybridized carbons (Fsp3) is 0.318. The van der Waals surface area contributed by atoms with E-state index in [4.69, 9.17) is 5.10 Å². The van der Waals surface area contributed by atoms with Crippen molar-refractivity contribution in [2.45, 2.75) is 32.9 Å². The maximum absolute atomic E-state index is 13.4. The summed E-state index contributed by atoms with van der Waals surface area (Å²) in [7, 11) is 0. The minimum atomic E-state index is -0.209. The van der Waals surface area contributed by atoms with Crippen LogP contribution < -0.4 is 0 Å². The highest BCUT2D eigenvalue weighted by Gasteiger charge is 2.25. The SMILES string of the molecule is CCCN1CCc2c(c(-c3ccc(F)cc3)nn2Cc2ccccc2)C1. The van der Waals surface area contributed by atoms with Gasteiger partial charge in [-0.2, -0.15) is 5.10 Å². The zero-order valence-corrected chi connectivity index (χ0v) is 15.2. The number of rotatable bonds is 5. The molecule has 0 radical (unpaired) electrons. The highest BCUT2D eigenvalue weighted by Crippen LogP contribution is 2.30. The summed E-state index contributed by atoms with van der Waals surface area (Å²) in [6, 6.07) is 17.1. The van der Waals surface area contributed by atoms with E-state index < -0.39 is 0 Å². The molecule has 0 amide bonds. The standard InChI is InChI=1S/C22H24FN3/c1-2-13-25-14-12-21-20(16-25)22(18-8-10-19(23)11-9-18)24-26(21)15-17-6-4-3-5-7-17/h3-11H,2,12-16H2,1H3. The summed E-state index contributed by atoms with van der Waals surface area (Å²) in [4.78, 5) is 2.49. The van der Waals surface area contributed by atoms with Crippen molar-refractivity contribution in [3.63, 3.8) is 0 Å². The van der Waals surface area contributed by atoms with Crippen molar-refractivity contribution < 1.29 is 4.39 Å². The highest BCUT2D eigenvalue weighted by atomic mass is 19.1. The van der Waals surface area contributed by atoms with Gasteiger partial charge in [0, 0.05) is 36.3 Å². The number of benzene rings is 2. The Morgan fingerprint density at radius 2 is 1.81 bits per heavy atom. The molecule has 3 nitrogen and oxygen atoms in total. The van der Waals surface area contributed by atoms with E-state index in [0.29, 0.717) is 0 Å². The van der Waals surface area contributed by atoms with Gasteiger partial charge < -0.3 is 0 Å². The van der Waals surface area contributed by atoms with Gasteiger partial charge in [0.25, 0.3) is 0 Å². The summed E-state index contributed by atoms with van der Waals surface area (Å²) in [5.74, 6) is -0.209. The van der Waals surface area contributed by atoms with E-state index in [2.05, 4.69) is 40.8 Å². The molecule has 2 aromatic carbocycles. The third-order valence-electron chi connectivity index (χ3n) is 5.05. The van der Waals surface area contributed by atoms with Crippen molar-refractivity contribution in [1.29, 1.82) is 0 Å². The molecule has 0 aliphatic carbocycles. The lowest BCUT2D eigenvalue weighted by Crippen LogP contribution is -2.31. The molecule has 2 heterocycles. The summed E-state index contributed by atoms with van der Waals surface area (Å²) in [5.41, 5.74) is 5.86. The lowest BCUT2D eigenvalue weighted by atomic mass is 10.0. The second kappa shape index (κ2) is 7.42. The molecule has 0 saturated carbocycles. The largest absolute Gasteiger partial charge is 0.299 e. The van der Waals surface area contributed by atoms with Gasteiger partial charge in [-0.25, -0.2) is 4.39 Å². The number of nitrogens with zero attached hydrogens (tertiary/aromatic N) is 3. The molecular formula is C22H24FN3. The van der Waals surface area contributed by atoms with Gasteiger partial charge in [-0.15, -0.1) is 0 Å². The van der Waals surface area contributed by atoms with Crippen molar-refractivity contribution in [3.05, 3.63) is 77.2 Å². The third kappa shape index (κ3) is 3.42. The van der Waals surface area contributed by atoms with Crippen LogP contribution in [0.2, 0.25) is 0 Å². The van der Waals surface area contributed by atoms with Gasteiger partial charge in [0.15, 0.2) is 0 Å². The Hall–Kier alpha value is -2.46. The summed E-state index contributed by atoms with van der Waals surface area (Å²) < 4.78 is 15.5. The minimum absolute atomic E-state index is 0.209. The molecule has 134 valence electrons. The second-order valence-corrected chi connectivity index (χ2v) is 6.95. The summed E-state index contributed by atoms with van der Waals surface area (Å²) in [5, 5.41) is 4.95. The molecule has 0 bridgehead atoms. The molecule has 0 unspecified atom stereocenters. The first-order valence-electron chi connectivity index (χ1n) is 9.35. The van der Waals surface area contributed by atoms with Gasteiger partial charge >= 0.3 is 0 Å². The molecule has 0 spiro atoms. The van der Waals surface area contributed by atoms with Crippen LogP contribution >= 0.6 is 0 Å². The molecule has 0 fully saturated rings. The van der Waals surface area contributed by atoms with Crippen LogP contribution in [0.3, 0.4) is 0 Å². The first-order chi connectivity index (χ1) is 12.7. The Morgan fingerprint density at radius 3 is 2.54 bits per heavy atom. The Labute approximate surface area is 154 Å². The molecule has 0 saturated heterocycles. The highest BCUT2D eigenvalue weighted by molar-refractivity contribution is 5.64. The second-order valence-electron chi connectivity index (χ2n) is 6.95. The fourth-order valence-corrected chi connectivity index (χ4v) is 3.78. The van der Waals surface area contributed by atoms with Crippen LogP contribution in [-0.2, 0) is 19.5 Å². The molecule has 26 heavy (non-hydrogen) atoms. The Morgan fingerprint density at radius 1 is 1.04 bits per heavy atom. The number of hydrogen-bond acceptors (Lipinski definition) is 2. The van der Waals surface area contributed by atoms with Gasteiger partial charge in [-0.1, -0.05) is 37.3 Å². The molecule has 4 rings (SSSR count). The van der Waals surface area contributed by atoms with Gasteiger partial charge in [0.05, 0.1) is 12.2 Å². The van der Waals surface area contributed by atoms with Gasteiger partial charge in [-0.3, -0.25) is 9.58 Å². The molecule has 1 aliphatic heterocycles. The molecular weight excluding hydrogens is 325 g/mol. The first kappa shape index (κ1) is 17.0. The minimum Gasteiger partial charge on any atom is -0.299 e. The molecule has 3 aromatic rings. The Balaban J connectivity index is 1.74. The van der Waals surface area contributed by atoms with Crippen LogP contribution in [0.15, 0.2) is 54.6 Å². The first-order valence-corrected chi connectivity index (χ1v) is 9.35. The van der Waals surface area contributed by atoms with E-state index in [1.54, 1.807) is 0 Å². The molecule has 0 N–H and O–H groups in total. The van der Waals surface area contributed by atoms with E-state index in [1.165, 1.54) is 29.0 Å². The predicted octanol–water partition coefficient (Wildman–Crippen LogP) is 4.51. The maximum Gasteiger partial charge on any atom is 0.123 e. The zero-order chi connectivity index (χ0) is 17.9. The summed E-state index contributed by atoms with van der Waals surface area (Å²) in [6.07, 6.45) is 2.16. The average molecular weight is 349 g/mol. The normalized spacial score (nSPS) is 14.4. The van der Waals surface area contributed by atoms with E-state index in [-0.39, 0.29) is 5.82 Å². The average Bonchev–Trinajstić information content (AvgIpc) is 3.01. The van der Waals surface area contributed by atoms with Crippen LogP contribution in [0.4, 0.5) is 4.39 Å². The van der Waals surface area contributed by atoms with E-state index in [9.17, 15) is 4.39 Å². The van der Waals surface area contributed by atoms with Crippen LogP contribution in [0.5, 0.6) is 0 Å². The lowest BCUT2D eigenvalue weighted by Gasteiger charge is -2.27. The van der Waals surface area contributed by atoms with E-state index >= 15 is 0 Å². The smallest absolute Gasteiger partial charge is 0.123 e. The maximum atomic E-state index is 13.4. The number of aromatic nitrogens is 2. The van der Waals surface area contributed by atoms with Crippen molar-refractivity contribution in [2.24, 2.45) is 0 Å². The van der Waals surface area contributed by atoms with E-state index in [0.717, 1.165) is 50.3 Å². The van der Waals surface area contributed by atoms with E-state index in [1.807, 2.05) is 18.2 Å². The van der Waals surface area contributed by atoms with Crippen molar-refractivity contribution in [3.8, 4) is 11.3 Å². The summed E-state index contributed by atoms with van der Waals surface area (Å²) >= 11 is 0. The monoisotopic (exact) mass is 349 g/mol. The Bertz CT molecular complexity index is 868. The lowest BCUT2D eigenvalue weighted by molar-refractivity contribution is 0.252. The van der Waals surface area contributed by atoms with Gasteiger partial charge in [0.1, 0.15) is 5.82 Å². The van der Waals surface area contributed by atoms with Crippen molar-refractivity contribution in [2.75, 3.05) is 13.1 Å². The molecule has 0 atom stereocenters. The van der Waals surface area contributed by atoms with Crippen LogP contribution in [0.1, 0.15) is 30.2 Å².